The molecule has 200 valence electrons. The number of carbonyl (C=O) groups excluding carboxylic acids is 2. The summed E-state index contributed by atoms with van der Waals surface area (Å²) >= 11 is 0. The minimum Gasteiger partial charge on any atom is -0.381 e. The van der Waals surface area contributed by atoms with E-state index in [0.717, 1.165) is 51.5 Å². The molecule has 8 unspecified atom stereocenters. The second-order valence-electron chi connectivity index (χ2n) is 10.3. The molecule has 4 fully saturated rings. The number of methoxy groups -OCH3 is 2. The fraction of sp³-hybridized carbons (Fsp3) is 0.917. The average molecular weight is 497 g/mol. The first-order chi connectivity index (χ1) is 17.1. The second kappa shape index (κ2) is 13.3. The molecule has 11 nitrogen and oxygen atoms in total. The Balaban J connectivity index is 1.08. The predicted octanol–water partition coefficient (Wildman–Crippen LogP) is 0.236. The van der Waals surface area contributed by atoms with Crippen molar-refractivity contribution in [3.63, 3.8) is 0 Å². The standard InChI is InChI=1S/C24H44N6O5/c1-33-15-8-9-19(34-2)18(14-15)23-27-21(35-30-23)11-10-20(31)25-12-5-13-26-22-16-6-3-4-7-17(16)24(32)29-28-22/h15-19,21-23,26-28,30H,3-14H2,1-2H3,(H,25,31)(H,29,32). The molecule has 4 rings (SSSR count). The van der Waals surface area contributed by atoms with Gasteiger partial charge in [0.1, 0.15) is 6.23 Å². The third-order valence-corrected chi connectivity index (χ3v) is 8.16. The van der Waals surface area contributed by atoms with E-state index in [2.05, 4.69) is 32.3 Å². The van der Waals surface area contributed by atoms with E-state index in [1.54, 1.807) is 14.2 Å². The number of amides is 2. The molecule has 4 aliphatic rings. The van der Waals surface area contributed by atoms with Gasteiger partial charge in [-0.05, 0) is 51.5 Å². The van der Waals surface area contributed by atoms with Crippen LogP contribution in [0.1, 0.15) is 64.2 Å². The van der Waals surface area contributed by atoms with Crippen LogP contribution >= 0.6 is 0 Å². The molecule has 2 amide bonds. The summed E-state index contributed by atoms with van der Waals surface area (Å²) in [6.45, 7) is 1.40. The zero-order chi connectivity index (χ0) is 24.6. The van der Waals surface area contributed by atoms with Crippen molar-refractivity contribution in [1.29, 1.82) is 0 Å². The summed E-state index contributed by atoms with van der Waals surface area (Å²) in [6, 6.07) is 0. The number of hydroxylamine groups is 1. The molecule has 2 saturated carbocycles. The van der Waals surface area contributed by atoms with Gasteiger partial charge in [0.2, 0.25) is 11.8 Å². The van der Waals surface area contributed by atoms with Crippen molar-refractivity contribution in [2.75, 3.05) is 27.3 Å². The topological polar surface area (TPSA) is 134 Å². The summed E-state index contributed by atoms with van der Waals surface area (Å²) in [6.07, 6.45) is 9.36. The van der Waals surface area contributed by atoms with Crippen molar-refractivity contribution in [3.8, 4) is 0 Å². The number of hydrogen-bond acceptors (Lipinski definition) is 9. The molecule has 11 heteroatoms. The van der Waals surface area contributed by atoms with E-state index >= 15 is 0 Å². The Labute approximate surface area is 208 Å². The first kappa shape index (κ1) is 26.7. The summed E-state index contributed by atoms with van der Waals surface area (Å²) in [5.74, 6) is 0.861. The molecule has 35 heavy (non-hydrogen) atoms. The van der Waals surface area contributed by atoms with Crippen LogP contribution in [-0.2, 0) is 23.9 Å². The van der Waals surface area contributed by atoms with Gasteiger partial charge in [-0.25, -0.2) is 5.43 Å². The van der Waals surface area contributed by atoms with Gasteiger partial charge in [-0.3, -0.25) is 25.2 Å². The third kappa shape index (κ3) is 7.12. The van der Waals surface area contributed by atoms with E-state index in [9.17, 15) is 9.59 Å². The highest BCUT2D eigenvalue weighted by atomic mass is 16.7. The Morgan fingerprint density at radius 2 is 1.94 bits per heavy atom. The van der Waals surface area contributed by atoms with Crippen LogP contribution in [0.5, 0.6) is 0 Å². The number of hydrazine groups is 1. The van der Waals surface area contributed by atoms with E-state index in [1.807, 2.05) is 0 Å². The van der Waals surface area contributed by atoms with Gasteiger partial charge >= 0.3 is 0 Å². The highest BCUT2D eigenvalue weighted by Gasteiger charge is 2.41. The van der Waals surface area contributed by atoms with Crippen molar-refractivity contribution in [3.05, 3.63) is 0 Å². The third-order valence-electron chi connectivity index (χ3n) is 8.16. The molecule has 0 bridgehead atoms. The van der Waals surface area contributed by atoms with Gasteiger partial charge in [0.05, 0.1) is 24.5 Å². The van der Waals surface area contributed by atoms with Crippen LogP contribution in [-0.4, -0.2) is 69.9 Å². The Kier molecular flexibility index (Phi) is 10.1. The van der Waals surface area contributed by atoms with Gasteiger partial charge in [0.15, 0.2) is 0 Å². The molecular formula is C24H44N6O5. The van der Waals surface area contributed by atoms with Gasteiger partial charge in [0.25, 0.3) is 0 Å². The first-order valence-corrected chi connectivity index (χ1v) is 13.4. The van der Waals surface area contributed by atoms with Crippen LogP contribution in [0.25, 0.3) is 0 Å². The maximum absolute atomic E-state index is 12.3. The monoisotopic (exact) mass is 496 g/mol. The van der Waals surface area contributed by atoms with Crippen LogP contribution in [0.3, 0.4) is 0 Å². The number of hydrogen-bond donors (Lipinski definition) is 6. The van der Waals surface area contributed by atoms with Crippen molar-refractivity contribution in [2.24, 2.45) is 17.8 Å². The Bertz CT molecular complexity index is 699. The molecule has 6 N–H and O–H groups in total. The van der Waals surface area contributed by atoms with Crippen LogP contribution in [0.2, 0.25) is 0 Å². The van der Waals surface area contributed by atoms with Crippen molar-refractivity contribution in [2.45, 2.75) is 95.0 Å². The molecule has 2 saturated heterocycles. The average Bonchev–Trinajstić information content (AvgIpc) is 3.37. The number of carbonyl (C=O) groups is 2. The molecular weight excluding hydrogens is 452 g/mol. The molecule has 0 aromatic rings. The predicted molar refractivity (Wildman–Crippen MR) is 129 cm³/mol. The smallest absolute Gasteiger partial charge is 0.237 e. The summed E-state index contributed by atoms with van der Waals surface area (Å²) in [4.78, 5) is 30.1. The molecule has 0 aromatic heterocycles. The largest absolute Gasteiger partial charge is 0.381 e. The molecule has 2 aliphatic heterocycles. The SMILES string of the molecule is COC1CCC(OC)C(C2NOC(CCC(=O)NCCCNC3NNC(=O)C4CCCCC34)N2)C1. The number of fused-ring (bicyclic) bond motifs is 1. The molecule has 2 heterocycles. The zero-order valence-electron chi connectivity index (χ0n) is 21.1. The molecule has 0 spiro atoms. The van der Waals surface area contributed by atoms with Gasteiger partial charge in [-0.1, -0.05) is 12.8 Å². The molecule has 0 radical (unpaired) electrons. The fourth-order valence-corrected chi connectivity index (χ4v) is 6.13. The van der Waals surface area contributed by atoms with Crippen molar-refractivity contribution < 1.29 is 23.9 Å². The van der Waals surface area contributed by atoms with E-state index in [-0.39, 0.29) is 54.4 Å². The lowest BCUT2D eigenvalue weighted by atomic mass is 9.76. The Morgan fingerprint density at radius 1 is 1.09 bits per heavy atom. The lowest BCUT2D eigenvalue weighted by Crippen LogP contribution is -2.64. The first-order valence-electron chi connectivity index (χ1n) is 13.4. The van der Waals surface area contributed by atoms with Crippen LogP contribution in [0, 0.1) is 17.8 Å². The molecule has 2 aliphatic carbocycles. The van der Waals surface area contributed by atoms with Crippen LogP contribution in [0.4, 0.5) is 0 Å². The number of nitrogens with one attached hydrogen (secondary N) is 6. The van der Waals surface area contributed by atoms with E-state index in [0.29, 0.717) is 25.3 Å². The summed E-state index contributed by atoms with van der Waals surface area (Å²) in [5.41, 5.74) is 9.03. The number of rotatable bonds is 11. The van der Waals surface area contributed by atoms with Crippen LogP contribution < -0.4 is 32.3 Å². The lowest BCUT2D eigenvalue weighted by Gasteiger charge is -2.41. The highest BCUT2D eigenvalue weighted by molar-refractivity contribution is 5.79. The van der Waals surface area contributed by atoms with Crippen LogP contribution in [0.15, 0.2) is 0 Å². The van der Waals surface area contributed by atoms with E-state index in [4.69, 9.17) is 14.3 Å². The van der Waals surface area contributed by atoms with Gasteiger partial charge in [-0.15, -0.1) is 0 Å². The maximum Gasteiger partial charge on any atom is 0.237 e. The summed E-state index contributed by atoms with van der Waals surface area (Å²) in [7, 11) is 3.52. The fourth-order valence-electron chi connectivity index (χ4n) is 6.13. The minimum atomic E-state index is -0.205. The van der Waals surface area contributed by atoms with Gasteiger partial charge in [0, 0.05) is 44.9 Å². The minimum absolute atomic E-state index is 0.0148. The van der Waals surface area contributed by atoms with Gasteiger partial charge < -0.3 is 20.1 Å². The normalized spacial score (nSPS) is 37.5. The Morgan fingerprint density at radius 3 is 2.77 bits per heavy atom. The lowest BCUT2D eigenvalue weighted by molar-refractivity contribution is -0.134. The second-order valence-corrected chi connectivity index (χ2v) is 10.3. The maximum atomic E-state index is 12.3. The highest BCUT2D eigenvalue weighted by Crippen LogP contribution is 2.33. The molecule has 8 atom stereocenters. The molecule has 0 aromatic carbocycles. The van der Waals surface area contributed by atoms with E-state index in [1.165, 1.54) is 6.42 Å². The quantitative estimate of drug-likeness (QED) is 0.222. The summed E-state index contributed by atoms with van der Waals surface area (Å²) < 4.78 is 11.3. The van der Waals surface area contributed by atoms with Crippen molar-refractivity contribution >= 4 is 11.8 Å². The summed E-state index contributed by atoms with van der Waals surface area (Å²) in [5, 5.41) is 9.98. The van der Waals surface area contributed by atoms with E-state index < -0.39 is 0 Å². The zero-order valence-corrected chi connectivity index (χ0v) is 21.1. The van der Waals surface area contributed by atoms with Crippen molar-refractivity contribution in [1.82, 2.24) is 32.3 Å². The number of ether oxygens (including phenoxy) is 2. The Hall–Kier alpha value is -1.34. The van der Waals surface area contributed by atoms with Gasteiger partial charge in [-0.2, -0.15) is 5.48 Å².